The van der Waals surface area contributed by atoms with Gasteiger partial charge in [-0.05, 0) is 25.7 Å². The lowest BCUT2D eigenvalue weighted by Gasteiger charge is -2.25. The maximum Gasteiger partial charge on any atom is 0.235 e. The highest BCUT2D eigenvalue weighted by atomic mass is 32.1. The lowest BCUT2D eigenvalue weighted by atomic mass is 10.2. The first-order valence-electron chi connectivity index (χ1n) is 5.01. The highest BCUT2D eigenvalue weighted by molar-refractivity contribution is 7.81. The van der Waals surface area contributed by atoms with E-state index >= 15 is 0 Å². The molecule has 13 heavy (non-hydrogen) atoms. The maximum atomic E-state index is 11.7. The van der Waals surface area contributed by atoms with Gasteiger partial charge in [-0.2, -0.15) is 12.6 Å². The summed E-state index contributed by atoms with van der Waals surface area (Å²) in [7, 11) is 0. The van der Waals surface area contributed by atoms with Gasteiger partial charge in [0, 0.05) is 12.6 Å². The predicted octanol–water partition coefficient (Wildman–Crippen LogP) is 1.95. The first-order valence-corrected chi connectivity index (χ1v) is 5.52. The molecule has 0 heterocycles. The Morgan fingerprint density at radius 3 is 2.31 bits per heavy atom. The van der Waals surface area contributed by atoms with Crippen LogP contribution in [0.25, 0.3) is 0 Å². The molecule has 0 aliphatic heterocycles. The second kappa shape index (κ2) is 4.36. The topological polar surface area (TPSA) is 20.3 Å². The van der Waals surface area contributed by atoms with Crippen molar-refractivity contribution in [2.24, 2.45) is 5.92 Å². The van der Waals surface area contributed by atoms with E-state index in [2.05, 4.69) is 26.5 Å². The van der Waals surface area contributed by atoms with Gasteiger partial charge in [-0.1, -0.05) is 13.8 Å². The molecular weight excluding hydrogens is 182 g/mol. The Hall–Kier alpha value is -0.180. The Kier molecular flexibility index (Phi) is 3.65. The average molecular weight is 201 g/mol. The number of rotatable bonds is 4. The lowest BCUT2D eigenvalue weighted by Crippen LogP contribution is -2.39. The molecule has 0 aromatic rings. The Balaban J connectivity index is 2.51. The van der Waals surface area contributed by atoms with Crippen LogP contribution in [-0.2, 0) is 4.79 Å². The minimum Gasteiger partial charge on any atom is -0.339 e. The van der Waals surface area contributed by atoms with Gasteiger partial charge in [0.1, 0.15) is 0 Å². The average Bonchev–Trinajstić information content (AvgIpc) is 2.80. The van der Waals surface area contributed by atoms with Gasteiger partial charge < -0.3 is 4.90 Å². The van der Waals surface area contributed by atoms with Crippen LogP contribution in [0.15, 0.2) is 0 Å². The molecule has 1 fully saturated rings. The molecule has 76 valence electrons. The lowest BCUT2D eigenvalue weighted by molar-refractivity contribution is -0.131. The van der Waals surface area contributed by atoms with Crippen molar-refractivity contribution >= 4 is 18.5 Å². The fraction of sp³-hybridized carbons (Fsp3) is 0.900. The fourth-order valence-corrected chi connectivity index (χ4v) is 1.59. The van der Waals surface area contributed by atoms with E-state index in [0.29, 0.717) is 12.0 Å². The van der Waals surface area contributed by atoms with Crippen LogP contribution < -0.4 is 0 Å². The van der Waals surface area contributed by atoms with Crippen molar-refractivity contribution in [2.75, 3.05) is 6.54 Å². The zero-order valence-electron chi connectivity index (χ0n) is 8.66. The normalized spacial score (nSPS) is 18.8. The summed E-state index contributed by atoms with van der Waals surface area (Å²) < 4.78 is 0. The van der Waals surface area contributed by atoms with Gasteiger partial charge in [0.2, 0.25) is 5.91 Å². The van der Waals surface area contributed by atoms with Crippen LogP contribution in [0, 0.1) is 5.92 Å². The molecule has 1 rings (SSSR count). The minimum atomic E-state index is -0.153. The van der Waals surface area contributed by atoms with Crippen LogP contribution in [0.4, 0.5) is 0 Å². The summed E-state index contributed by atoms with van der Waals surface area (Å²) in [6.45, 7) is 7.02. The third kappa shape index (κ3) is 3.22. The predicted molar refractivity (Wildman–Crippen MR) is 58.0 cm³/mol. The minimum absolute atomic E-state index is 0.153. The molecule has 1 saturated carbocycles. The van der Waals surface area contributed by atoms with E-state index < -0.39 is 0 Å². The summed E-state index contributed by atoms with van der Waals surface area (Å²) in [5, 5.41) is -0.153. The number of thiol groups is 1. The van der Waals surface area contributed by atoms with Gasteiger partial charge in [-0.15, -0.1) is 0 Å². The highest BCUT2D eigenvalue weighted by Gasteiger charge is 2.33. The van der Waals surface area contributed by atoms with Crippen molar-refractivity contribution in [2.45, 2.75) is 44.9 Å². The molecule has 0 radical (unpaired) electrons. The third-order valence-corrected chi connectivity index (χ3v) is 2.41. The summed E-state index contributed by atoms with van der Waals surface area (Å²) in [6.07, 6.45) is 2.36. The van der Waals surface area contributed by atoms with Crippen molar-refractivity contribution in [1.29, 1.82) is 0 Å². The molecule has 0 spiro atoms. The molecule has 1 unspecified atom stereocenters. The largest absolute Gasteiger partial charge is 0.339 e. The first kappa shape index (κ1) is 10.9. The number of hydrogen-bond acceptors (Lipinski definition) is 2. The number of carbonyl (C=O) groups excluding carboxylic acids is 1. The number of hydrogen-bond donors (Lipinski definition) is 1. The van der Waals surface area contributed by atoms with Crippen LogP contribution in [0.3, 0.4) is 0 Å². The quantitative estimate of drug-likeness (QED) is 0.689. The van der Waals surface area contributed by atoms with E-state index in [1.54, 1.807) is 0 Å². The molecule has 3 heteroatoms. The maximum absolute atomic E-state index is 11.7. The molecule has 0 N–H and O–H groups in total. The Morgan fingerprint density at radius 1 is 1.46 bits per heavy atom. The number of carbonyl (C=O) groups is 1. The summed E-state index contributed by atoms with van der Waals surface area (Å²) in [5.74, 6) is 0.746. The van der Waals surface area contributed by atoms with Crippen molar-refractivity contribution < 1.29 is 4.79 Å². The van der Waals surface area contributed by atoms with Crippen LogP contribution in [0.1, 0.15) is 33.6 Å². The van der Waals surface area contributed by atoms with Gasteiger partial charge in [0.05, 0.1) is 5.25 Å². The van der Waals surface area contributed by atoms with Crippen molar-refractivity contribution in [3.63, 3.8) is 0 Å². The monoisotopic (exact) mass is 201 g/mol. The molecule has 1 aliphatic carbocycles. The van der Waals surface area contributed by atoms with E-state index in [0.717, 1.165) is 6.54 Å². The molecule has 0 aromatic carbocycles. The second-order valence-electron chi connectivity index (χ2n) is 4.29. The molecule has 0 aromatic heterocycles. The molecular formula is C10H19NOS. The molecule has 0 bridgehead atoms. The van der Waals surface area contributed by atoms with Gasteiger partial charge in [0.25, 0.3) is 0 Å². The third-order valence-electron chi connectivity index (χ3n) is 2.19. The van der Waals surface area contributed by atoms with E-state index in [-0.39, 0.29) is 11.2 Å². The van der Waals surface area contributed by atoms with E-state index in [4.69, 9.17) is 0 Å². The molecule has 1 atom stereocenters. The Bertz CT molecular complexity index is 187. The summed E-state index contributed by atoms with van der Waals surface area (Å²) in [4.78, 5) is 13.7. The Morgan fingerprint density at radius 2 is 2.00 bits per heavy atom. The molecule has 1 amide bonds. The standard InChI is InChI=1S/C10H19NOS/c1-7(2)6-11(9-4-5-9)10(12)8(3)13/h7-9,13H,4-6H2,1-3H3. The van der Waals surface area contributed by atoms with Crippen LogP contribution in [-0.4, -0.2) is 28.6 Å². The van der Waals surface area contributed by atoms with Gasteiger partial charge >= 0.3 is 0 Å². The van der Waals surface area contributed by atoms with Crippen LogP contribution >= 0.6 is 12.6 Å². The van der Waals surface area contributed by atoms with E-state index in [1.165, 1.54) is 12.8 Å². The molecule has 1 aliphatic rings. The highest BCUT2D eigenvalue weighted by Crippen LogP contribution is 2.28. The van der Waals surface area contributed by atoms with E-state index in [1.807, 2.05) is 11.8 Å². The van der Waals surface area contributed by atoms with Crippen molar-refractivity contribution in [1.82, 2.24) is 4.90 Å². The zero-order chi connectivity index (χ0) is 10.0. The second-order valence-corrected chi connectivity index (χ2v) is 5.07. The van der Waals surface area contributed by atoms with Crippen molar-refractivity contribution in [3.8, 4) is 0 Å². The van der Waals surface area contributed by atoms with Crippen LogP contribution in [0.5, 0.6) is 0 Å². The first-order chi connectivity index (χ1) is 6.02. The molecule has 2 nitrogen and oxygen atoms in total. The van der Waals surface area contributed by atoms with Gasteiger partial charge in [-0.3, -0.25) is 4.79 Å². The smallest absolute Gasteiger partial charge is 0.235 e. The van der Waals surface area contributed by atoms with E-state index in [9.17, 15) is 4.79 Å². The Labute approximate surface area is 86.1 Å². The zero-order valence-corrected chi connectivity index (χ0v) is 9.55. The molecule has 0 saturated heterocycles. The summed E-state index contributed by atoms with van der Waals surface area (Å²) in [5.41, 5.74) is 0. The fourth-order valence-electron chi connectivity index (χ4n) is 1.44. The van der Waals surface area contributed by atoms with Gasteiger partial charge in [-0.25, -0.2) is 0 Å². The van der Waals surface area contributed by atoms with Gasteiger partial charge in [0.15, 0.2) is 0 Å². The summed E-state index contributed by atoms with van der Waals surface area (Å²) in [6, 6.07) is 0.518. The number of nitrogens with zero attached hydrogens (tertiary/aromatic N) is 1. The summed E-state index contributed by atoms with van der Waals surface area (Å²) >= 11 is 4.19. The van der Waals surface area contributed by atoms with Crippen LogP contribution in [0.2, 0.25) is 0 Å². The number of amides is 1. The van der Waals surface area contributed by atoms with Crippen molar-refractivity contribution in [3.05, 3.63) is 0 Å². The SMILES string of the molecule is CC(C)CN(C(=O)C(C)S)C1CC1.